The van der Waals surface area contributed by atoms with Crippen molar-refractivity contribution in [1.29, 1.82) is 0 Å². The van der Waals surface area contributed by atoms with Gasteiger partial charge < -0.3 is 10.4 Å². The average Bonchev–Trinajstić information content (AvgIpc) is 2.84. The smallest absolute Gasteiger partial charge is 0.115 e. The Kier molecular flexibility index (Phi) is 5.00. The summed E-state index contributed by atoms with van der Waals surface area (Å²) in [5, 5.41) is 15.0. The standard InChI is InChI=1S/C16H21NOS/c1-12(10-14-5-7-15(18)8-6-14)17-13(2)11-16-4-3-9-19-16/h3-9,12-13,17-18H,10-11H2,1-2H3. The molecular weight excluding hydrogens is 254 g/mol. The van der Waals surface area contributed by atoms with Crippen LogP contribution in [0.5, 0.6) is 5.75 Å². The molecule has 102 valence electrons. The molecule has 0 fully saturated rings. The van der Waals surface area contributed by atoms with Gasteiger partial charge in [-0.3, -0.25) is 0 Å². The van der Waals surface area contributed by atoms with Crippen LogP contribution in [-0.2, 0) is 12.8 Å². The van der Waals surface area contributed by atoms with Crippen LogP contribution in [-0.4, -0.2) is 17.2 Å². The highest BCUT2D eigenvalue weighted by Crippen LogP contribution is 2.13. The molecule has 1 heterocycles. The molecule has 1 aromatic carbocycles. The summed E-state index contributed by atoms with van der Waals surface area (Å²) in [5.74, 6) is 0.329. The summed E-state index contributed by atoms with van der Waals surface area (Å²) in [6.07, 6.45) is 2.06. The maximum absolute atomic E-state index is 9.27. The molecule has 0 spiro atoms. The van der Waals surface area contributed by atoms with Crippen molar-refractivity contribution in [2.45, 2.75) is 38.8 Å². The second-order valence-corrected chi connectivity index (χ2v) is 6.16. The minimum absolute atomic E-state index is 0.329. The lowest BCUT2D eigenvalue weighted by Gasteiger charge is -2.19. The van der Waals surface area contributed by atoms with E-state index in [4.69, 9.17) is 0 Å². The van der Waals surface area contributed by atoms with Crippen molar-refractivity contribution in [3.63, 3.8) is 0 Å². The van der Waals surface area contributed by atoms with Crippen LogP contribution in [0.2, 0.25) is 0 Å². The molecule has 0 saturated carbocycles. The quantitative estimate of drug-likeness (QED) is 0.844. The lowest BCUT2D eigenvalue weighted by atomic mass is 10.1. The Labute approximate surface area is 119 Å². The fraction of sp³-hybridized carbons (Fsp3) is 0.375. The summed E-state index contributed by atoms with van der Waals surface area (Å²) in [5.41, 5.74) is 1.25. The van der Waals surface area contributed by atoms with E-state index in [9.17, 15) is 5.11 Å². The van der Waals surface area contributed by atoms with Crippen LogP contribution in [0.4, 0.5) is 0 Å². The number of rotatable bonds is 6. The van der Waals surface area contributed by atoms with Crippen LogP contribution >= 0.6 is 11.3 Å². The molecule has 2 N–H and O–H groups in total. The Hall–Kier alpha value is -1.32. The van der Waals surface area contributed by atoms with E-state index in [2.05, 4.69) is 36.7 Å². The van der Waals surface area contributed by atoms with Gasteiger partial charge >= 0.3 is 0 Å². The normalized spacial score (nSPS) is 14.2. The van der Waals surface area contributed by atoms with Gasteiger partial charge in [0.25, 0.3) is 0 Å². The van der Waals surface area contributed by atoms with E-state index in [0.29, 0.717) is 17.8 Å². The molecule has 0 aliphatic carbocycles. The van der Waals surface area contributed by atoms with Crippen LogP contribution in [0.25, 0.3) is 0 Å². The maximum Gasteiger partial charge on any atom is 0.115 e. The Balaban J connectivity index is 1.80. The predicted molar refractivity (Wildman–Crippen MR) is 81.9 cm³/mol. The van der Waals surface area contributed by atoms with Gasteiger partial charge in [0, 0.05) is 17.0 Å². The summed E-state index contributed by atoms with van der Waals surface area (Å²) < 4.78 is 0. The van der Waals surface area contributed by atoms with Crippen molar-refractivity contribution in [3.05, 3.63) is 52.2 Å². The molecule has 19 heavy (non-hydrogen) atoms. The van der Waals surface area contributed by atoms with Crippen molar-refractivity contribution in [1.82, 2.24) is 5.32 Å². The summed E-state index contributed by atoms with van der Waals surface area (Å²) in [6.45, 7) is 4.44. The molecule has 2 atom stereocenters. The molecule has 0 amide bonds. The van der Waals surface area contributed by atoms with E-state index >= 15 is 0 Å². The topological polar surface area (TPSA) is 32.3 Å². The molecule has 0 saturated heterocycles. The highest BCUT2D eigenvalue weighted by atomic mass is 32.1. The van der Waals surface area contributed by atoms with Crippen molar-refractivity contribution in [2.24, 2.45) is 0 Å². The molecular formula is C16H21NOS. The van der Waals surface area contributed by atoms with Crippen molar-refractivity contribution in [2.75, 3.05) is 0 Å². The monoisotopic (exact) mass is 275 g/mol. The zero-order valence-electron chi connectivity index (χ0n) is 11.5. The second-order valence-electron chi connectivity index (χ2n) is 5.12. The largest absolute Gasteiger partial charge is 0.508 e. The number of phenols is 1. The molecule has 2 aromatic rings. The van der Waals surface area contributed by atoms with Crippen molar-refractivity contribution < 1.29 is 5.11 Å². The maximum atomic E-state index is 9.27. The van der Waals surface area contributed by atoms with E-state index in [1.807, 2.05) is 23.5 Å². The first-order valence-electron chi connectivity index (χ1n) is 6.70. The molecule has 0 bridgehead atoms. The van der Waals surface area contributed by atoms with Crippen molar-refractivity contribution in [3.8, 4) is 5.75 Å². The minimum Gasteiger partial charge on any atom is -0.508 e. The van der Waals surface area contributed by atoms with E-state index in [1.54, 1.807) is 12.1 Å². The third-order valence-corrected chi connectivity index (χ3v) is 4.03. The third kappa shape index (κ3) is 4.69. The molecule has 2 unspecified atom stereocenters. The van der Waals surface area contributed by atoms with Gasteiger partial charge in [0.05, 0.1) is 0 Å². The Morgan fingerprint density at radius 1 is 1.05 bits per heavy atom. The average molecular weight is 275 g/mol. The van der Waals surface area contributed by atoms with Crippen molar-refractivity contribution >= 4 is 11.3 Å². The lowest BCUT2D eigenvalue weighted by molar-refractivity contribution is 0.462. The first kappa shape index (κ1) is 14.1. The second kappa shape index (κ2) is 6.73. The third-order valence-electron chi connectivity index (χ3n) is 3.13. The molecule has 0 aliphatic rings. The van der Waals surface area contributed by atoms with E-state index < -0.39 is 0 Å². The van der Waals surface area contributed by atoms with E-state index in [-0.39, 0.29) is 0 Å². The molecule has 0 radical (unpaired) electrons. The van der Waals surface area contributed by atoms with E-state index in [0.717, 1.165) is 12.8 Å². The van der Waals surface area contributed by atoms with Gasteiger partial charge in [0.15, 0.2) is 0 Å². The Morgan fingerprint density at radius 3 is 2.37 bits per heavy atom. The number of benzene rings is 1. The molecule has 2 rings (SSSR count). The zero-order chi connectivity index (χ0) is 13.7. The van der Waals surface area contributed by atoms with E-state index in [1.165, 1.54) is 10.4 Å². The van der Waals surface area contributed by atoms with Gasteiger partial charge in [0.2, 0.25) is 0 Å². The number of nitrogens with one attached hydrogen (secondary N) is 1. The number of hydrogen-bond donors (Lipinski definition) is 2. The van der Waals surface area contributed by atoms with Gasteiger partial charge in [-0.1, -0.05) is 18.2 Å². The number of phenolic OH excluding ortho intramolecular Hbond substituents is 1. The summed E-state index contributed by atoms with van der Waals surface area (Å²) >= 11 is 1.82. The summed E-state index contributed by atoms with van der Waals surface area (Å²) in [7, 11) is 0. The molecule has 1 aromatic heterocycles. The van der Waals surface area contributed by atoms with Crippen LogP contribution in [0.15, 0.2) is 41.8 Å². The first-order chi connectivity index (χ1) is 9.13. The van der Waals surface area contributed by atoms with Gasteiger partial charge in [-0.05, 0) is 55.8 Å². The molecule has 3 heteroatoms. The Bertz CT molecular complexity index is 478. The van der Waals surface area contributed by atoms with Crippen LogP contribution in [0.3, 0.4) is 0 Å². The van der Waals surface area contributed by atoms with Gasteiger partial charge in [0.1, 0.15) is 5.75 Å². The number of aromatic hydroxyl groups is 1. The fourth-order valence-electron chi connectivity index (χ4n) is 2.32. The SMILES string of the molecule is CC(Cc1ccc(O)cc1)NC(C)Cc1cccs1. The number of hydrogen-bond acceptors (Lipinski definition) is 3. The van der Waals surface area contributed by atoms with Crippen LogP contribution in [0, 0.1) is 0 Å². The Morgan fingerprint density at radius 2 is 1.74 bits per heavy atom. The summed E-state index contributed by atoms with van der Waals surface area (Å²) in [4.78, 5) is 1.43. The van der Waals surface area contributed by atoms with Crippen LogP contribution < -0.4 is 5.32 Å². The first-order valence-corrected chi connectivity index (χ1v) is 7.58. The lowest BCUT2D eigenvalue weighted by Crippen LogP contribution is -2.37. The molecule has 0 aliphatic heterocycles. The van der Waals surface area contributed by atoms with Gasteiger partial charge in [-0.15, -0.1) is 11.3 Å². The van der Waals surface area contributed by atoms with Gasteiger partial charge in [-0.2, -0.15) is 0 Å². The fourth-order valence-corrected chi connectivity index (χ4v) is 3.15. The number of thiophene rings is 1. The highest BCUT2D eigenvalue weighted by Gasteiger charge is 2.09. The predicted octanol–water partition coefficient (Wildman–Crippen LogP) is 3.61. The highest BCUT2D eigenvalue weighted by molar-refractivity contribution is 7.09. The molecule has 2 nitrogen and oxygen atoms in total. The van der Waals surface area contributed by atoms with Crippen LogP contribution in [0.1, 0.15) is 24.3 Å². The minimum atomic E-state index is 0.329. The summed E-state index contributed by atoms with van der Waals surface area (Å²) in [6, 6.07) is 12.7. The zero-order valence-corrected chi connectivity index (χ0v) is 12.3. The van der Waals surface area contributed by atoms with Gasteiger partial charge in [-0.25, -0.2) is 0 Å².